The molecule has 0 amide bonds. The van der Waals surface area contributed by atoms with Crippen LogP contribution in [0.4, 0.5) is 5.69 Å². The topological polar surface area (TPSA) is 35.5 Å². The highest BCUT2D eigenvalue weighted by molar-refractivity contribution is 5.47. The first-order valence-corrected chi connectivity index (χ1v) is 8.01. The number of benzene rings is 1. The van der Waals surface area contributed by atoms with Crippen LogP contribution in [0.1, 0.15) is 38.5 Å². The molecule has 0 unspecified atom stereocenters. The van der Waals surface area contributed by atoms with E-state index in [0.29, 0.717) is 6.04 Å². The fourth-order valence-electron chi connectivity index (χ4n) is 3.59. The summed E-state index contributed by atoms with van der Waals surface area (Å²) in [7, 11) is 0. The van der Waals surface area contributed by atoms with Gasteiger partial charge in [0.2, 0.25) is 0 Å². The van der Waals surface area contributed by atoms with E-state index >= 15 is 0 Å². The van der Waals surface area contributed by atoms with Crippen molar-refractivity contribution in [2.24, 2.45) is 0 Å². The zero-order chi connectivity index (χ0) is 13.8. The van der Waals surface area contributed by atoms with E-state index in [1.165, 1.54) is 24.9 Å². The Bertz CT molecular complexity index is 414. The smallest absolute Gasteiger partial charge is 0.0659 e. The van der Waals surface area contributed by atoms with E-state index in [4.69, 9.17) is 0 Å². The van der Waals surface area contributed by atoms with Crippen LogP contribution >= 0.6 is 0 Å². The molecule has 1 atom stereocenters. The highest BCUT2D eigenvalue weighted by atomic mass is 16.3. The maximum absolute atomic E-state index is 10.3. The molecule has 1 aromatic rings. The van der Waals surface area contributed by atoms with Gasteiger partial charge in [0.1, 0.15) is 0 Å². The van der Waals surface area contributed by atoms with Crippen molar-refractivity contribution >= 4 is 5.69 Å². The largest absolute Gasteiger partial charge is 0.390 e. The van der Waals surface area contributed by atoms with Crippen LogP contribution < -0.4 is 10.2 Å². The van der Waals surface area contributed by atoms with Gasteiger partial charge in [-0.05, 0) is 44.4 Å². The second kappa shape index (κ2) is 6.15. The van der Waals surface area contributed by atoms with E-state index in [-0.39, 0.29) is 5.60 Å². The van der Waals surface area contributed by atoms with Gasteiger partial charge in [-0.1, -0.05) is 31.0 Å². The Morgan fingerprint density at radius 1 is 1.20 bits per heavy atom. The summed E-state index contributed by atoms with van der Waals surface area (Å²) in [6, 6.07) is 11.2. The Labute approximate surface area is 122 Å². The van der Waals surface area contributed by atoms with Gasteiger partial charge in [0.25, 0.3) is 0 Å². The maximum atomic E-state index is 10.3. The van der Waals surface area contributed by atoms with Crippen molar-refractivity contribution in [3.05, 3.63) is 30.3 Å². The van der Waals surface area contributed by atoms with E-state index in [1.807, 2.05) is 0 Å². The Morgan fingerprint density at radius 3 is 2.70 bits per heavy atom. The summed E-state index contributed by atoms with van der Waals surface area (Å²) in [5.74, 6) is 0. The Hall–Kier alpha value is -1.06. The minimum atomic E-state index is -0.370. The van der Waals surface area contributed by atoms with Gasteiger partial charge in [0.05, 0.1) is 5.60 Å². The Kier molecular flexibility index (Phi) is 4.27. The van der Waals surface area contributed by atoms with Gasteiger partial charge < -0.3 is 15.3 Å². The fourth-order valence-corrected chi connectivity index (χ4v) is 3.59. The lowest BCUT2D eigenvalue weighted by Gasteiger charge is -2.23. The van der Waals surface area contributed by atoms with Crippen LogP contribution in [0.5, 0.6) is 0 Å². The molecular weight excluding hydrogens is 248 g/mol. The average molecular weight is 274 g/mol. The highest BCUT2D eigenvalue weighted by Gasteiger charge is 2.31. The summed E-state index contributed by atoms with van der Waals surface area (Å²) >= 11 is 0. The molecule has 1 aromatic carbocycles. The molecular formula is C17H26N2O. The molecule has 0 bridgehead atoms. The van der Waals surface area contributed by atoms with E-state index in [0.717, 1.165) is 38.9 Å². The molecule has 0 radical (unpaired) electrons. The lowest BCUT2D eigenvalue weighted by atomic mass is 9.98. The molecule has 3 rings (SSSR count). The van der Waals surface area contributed by atoms with Crippen LogP contribution in [0.25, 0.3) is 0 Å². The number of nitrogens with zero attached hydrogens (tertiary/aromatic N) is 1. The molecule has 110 valence electrons. The monoisotopic (exact) mass is 274 g/mol. The quantitative estimate of drug-likeness (QED) is 0.866. The molecule has 1 saturated heterocycles. The predicted octanol–water partition coefficient (Wildman–Crippen LogP) is 2.55. The summed E-state index contributed by atoms with van der Waals surface area (Å²) in [6.45, 7) is 3.16. The third-order valence-corrected chi connectivity index (χ3v) is 4.87. The van der Waals surface area contributed by atoms with Gasteiger partial charge in [-0.3, -0.25) is 0 Å². The fraction of sp³-hybridized carbons (Fsp3) is 0.647. The zero-order valence-corrected chi connectivity index (χ0v) is 12.2. The van der Waals surface area contributed by atoms with E-state index < -0.39 is 0 Å². The Morgan fingerprint density at radius 2 is 1.95 bits per heavy atom. The first kappa shape index (κ1) is 13.9. The first-order chi connectivity index (χ1) is 9.75. The van der Waals surface area contributed by atoms with Crippen LogP contribution in [0, 0.1) is 0 Å². The number of aliphatic hydroxyl groups is 1. The SMILES string of the molecule is OC1(CCN[C@@H]2CCN(c3ccccc3)C2)CCCC1. The number of hydrogen-bond acceptors (Lipinski definition) is 3. The number of para-hydroxylation sites is 1. The minimum Gasteiger partial charge on any atom is -0.390 e. The zero-order valence-electron chi connectivity index (χ0n) is 12.2. The molecule has 2 N–H and O–H groups in total. The number of rotatable bonds is 5. The van der Waals surface area contributed by atoms with E-state index in [1.54, 1.807) is 0 Å². The second-order valence-corrected chi connectivity index (χ2v) is 6.40. The third-order valence-electron chi connectivity index (χ3n) is 4.87. The predicted molar refractivity (Wildman–Crippen MR) is 83.1 cm³/mol. The van der Waals surface area contributed by atoms with Crippen molar-refractivity contribution < 1.29 is 5.11 Å². The molecule has 0 aromatic heterocycles. The van der Waals surface area contributed by atoms with Crippen molar-refractivity contribution in [3.8, 4) is 0 Å². The molecule has 0 spiro atoms. The Balaban J connectivity index is 1.42. The maximum Gasteiger partial charge on any atom is 0.0659 e. The van der Waals surface area contributed by atoms with Crippen LogP contribution in [-0.2, 0) is 0 Å². The van der Waals surface area contributed by atoms with Gasteiger partial charge in [-0.15, -0.1) is 0 Å². The van der Waals surface area contributed by atoms with Crippen LogP contribution in [0.3, 0.4) is 0 Å². The van der Waals surface area contributed by atoms with Gasteiger partial charge in [0, 0.05) is 24.8 Å². The molecule has 1 heterocycles. The molecule has 1 aliphatic heterocycles. The van der Waals surface area contributed by atoms with Crippen molar-refractivity contribution in [1.29, 1.82) is 0 Å². The summed E-state index contributed by atoms with van der Waals surface area (Å²) < 4.78 is 0. The standard InChI is InChI=1S/C17H26N2O/c20-17(9-4-5-10-17)11-12-18-15-8-13-19(14-15)16-6-2-1-3-7-16/h1-3,6-7,15,18,20H,4-5,8-14H2/t15-/m1/s1. The molecule has 20 heavy (non-hydrogen) atoms. The van der Waals surface area contributed by atoms with Crippen molar-refractivity contribution in [2.75, 3.05) is 24.5 Å². The number of anilines is 1. The van der Waals surface area contributed by atoms with Crippen LogP contribution in [0.15, 0.2) is 30.3 Å². The molecule has 2 fully saturated rings. The number of nitrogens with one attached hydrogen (secondary N) is 1. The molecule has 1 aliphatic carbocycles. The first-order valence-electron chi connectivity index (χ1n) is 8.01. The van der Waals surface area contributed by atoms with E-state index in [9.17, 15) is 5.11 Å². The van der Waals surface area contributed by atoms with Gasteiger partial charge in [0.15, 0.2) is 0 Å². The van der Waals surface area contributed by atoms with E-state index in [2.05, 4.69) is 40.5 Å². The summed E-state index contributed by atoms with van der Waals surface area (Å²) in [6.07, 6.45) is 6.50. The van der Waals surface area contributed by atoms with Crippen LogP contribution in [0.2, 0.25) is 0 Å². The summed E-state index contributed by atoms with van der Waals surface area (Å²) in [4.78, 5) is 2.45. The summed E-state index contributed by atoms with van der Waals surface area (Å²) in [5.41, 5.74) is 0.955. The van der Waals surface area contributed by atoms with Crippen molar-refractivity contribution in [3.63, 3.8) is 0 Å². The van der Waals surface area contributed by atoms with Gasteiger partial charge in [-0.25, -0.2) is 0 Å². The second-order valence-electron chi connectivity index (χ2n) is 6.40. The normalized spacial score (nSPS) is 25.2. The minimum absolute atomic E-state index is 0.370. The molecule has 3 nitrogen and oxygen atoms in total. The van der Waals surface area contributed by atoms with Crippen LogP contribution in [-0.4, -0.2) is 36.4 Å². The highest BCUT2D eigenvalue weighted by Crippen LogP contribution is 2.32. The third kappa shape index (κ3) is 3.33. The lowest BCUT2D eigenvalue weighted by molar-refractivity contribution is 0.0386. The van der Waals surface area contributed by atoms with Gasteiger partial charge >= 0.3 is 0 Å². The molecule has 3 heteroatoms. The molecule has 1 saturated carbocycles. The lowest BCUT2D eigenvalue weighted by Crippen LogP contribution is -2.37. The van der Waals surface area contributed by atoms with Gasteiger partial charge in [-0.2, -0.15) is 0 Å². The average Bonchev–Trinajstić information content (AvgIpc) is 3.10. The van der Waals surface area contributed by atoms with Crippen molar-refractivity contribution in [2.45, 2.75) is 50.2 Å². The van der Waals surface area contributed by atoms with Crippen molar-refractivity contribution in [1.82, 2.24) is 5.32 Å². The molecule has 2 aliphatic rings. The summed E-state index contributed by atoms with van der Waals surface area (Å²) in [5, 5.41) is 14.0. The number of hydrogen-bond donors (Lipinski definition) is 2.